The summed E-state index contributed by atoms with van der Waals surface area (Å²) in [6.07, 6.45) is 0. The van der Waals surface area contributed by atoms with E-state index in [2.05, 4.69) is 43.3 Å². The van der Waals surface area contributed by atoms with Crippen LogP contribution in [-0.2, 0) is 26.2 Å². The van der Waals surface area contributed by atoms with E-state index >= 15 is 0 Å². The van der Waals surface area contributed by atoms with Crippen LogP contribution in [0.3, 0.4) is 0 Å². The van der Waals surface area contributed by atoms with Crippen molar-refractivity contribution in [2.24, 2.45) is 0 Å². The first-order valence-electron chi connectivity index (χ1n) is 3.48. The van der Waals surface area contributed by atoms with Gasteiger partial charge in [0.1, 0.15) is 0 Å². The van der Waals surface area contributed by atoms with Crippen molar-refractivity contribution in [3.05, 3.63) is 56.8 Å². The van der Waals surface area contributed by atoms with Gasteiger partial charge in [0.05, 0.1) is 0 Å². The zero-order valence-electron chi connectivity index (χ0n) is 8.46. The molecule has 0 saturated heterocycles. The standard InChI is InChI=1S/C10H9.2CH3.Zr/c1-8-6-9-4-2-3-5-10(9)7-8;;;/h2-7H,1H3;2*1H3;/q3*-1;+3. The van der Waals surface area contributed by atoms with Crippen LogP contribution in [0.25, 0.3) is 10.8 Å². The second kappa shape index (κ2) is 6.21. The Morgan fingerprint density at radius 3 is 2.31 bits per heavy atom. The molecule has 0 N–H and O–H groups in total. The van der Waals surface area contributed by atoms with Crippen molar-refractivity contribution in [1.29, 1.82) is 0 Å². The van der Waals surface area contributed by atoms with E-state index in [1.807, 2.05) is 0 Å². The van der Waals surface area contributed by atoms with E-state index in [0.717, 1.165) is 0 Å². The van der Waals surface area contributed by atoms with Gasteiger partial charge in [-0.3, -0.25) is 0 Å². The summed E-state index contributed by atoms with van der Waals surface area (Å²) in [6, 6.07) is 12.8. The Kier molecular flexibility index (Phi) is 7.26. The van der Waals surface area contributed by atoms with Crippen molar-refractivity contribution in [2.75, 3.05) is 0 Å². The minimum absolute atomic E-state index is 0. The molecule has 0 saturated carbocycles. The van der Waals surface area contributed by atoms with Gasteiger partial charge in [0.2, 0.25) is 0 Å². The number of benzene rings is 1. The van der Waals surface area contributed by atoms with Gasteiger partial charge in [-0.2, -0.15) is 6.07 Å². The molecule has 67 valence electrons. The normalized spacial score (nSPS) is 8.08. The molecule has 0 atom stereocenters. The van der Waals surface area contributed by atoms with Crippen LogP contribution in [0.2, 0.25) is 0 Å². The molecule has 1 radical (unpaired) electrons. The summed E-state index contributed by atoms with van der Waals surface area (Å²) in [6.45, 7) is 2.12. The Morgan fingerprint density at radius 1 is 1.08 bits per heavy atom. The Morgan fingerprint density at radius 2 is 1.69 bits per heavy atom. The Balaban J connectivity index is 0. The van der Waals surface area contributed by atoms with Crippen molar-refractivity contribution in [1.82, 2.24) is 0 Å². The van der Waals surface area contributed by atoms with E-state index in [4.69, 9.17) is 0 Å². The topological polar surface area (TPSA) is 0 Å². The maximum absolute atomic E-state index is 2.20. The molecule has 0 spiro atoms. The second-order valence-electron chi connectivity index (χ2n) is 2.66. The minimum atomic E-state index is 0. The maximum atomic E-state index is 2.20. The van der Waals surface area contributed by atoms with Crippen molar-refractivity contribution < 1.29 is 26.2 Å². The summed E-state index contributed by atoms with van der Waals surface area (Å²) in [5.74, 6) is 0. The summed E-state index contributed by atoms with van der Waals surface area (Å²) in [4.78, 5) is 0. The first kappa shape index (κ1) is 15.2. The SMILES string of the molecule is Cc1cc2ccccc2[cH-]1.[CH3-].[CH3-].[Zr+3]. The van der Waals surface area contributed by atoms with Gasteiger partial charge in [0.15, 0.2) is 0 Å². The third-order valence-corrected chi connectivity index (χ3v) is 1.76. The third kappa shape index (κ3) is 3.16. The summed E-state index contributed by atoms with van der Waals surface area (Å²) < 4.78 is 0. The zero-order valence-corrected chi connectivity index (χ0v) is 10.9. The summed E-state index contributed by atoms with van der Waals surface area (Å²) >= 11 is 0. The van der Waals surface area contributed by atoms with E-state index in [-0.39, 0.29) is 41.1 Å². The van der Waals surface area contributed by atoms with Gasteiger partial charge in [-0.25, -0.2) is 0 Å². The average molecular weight is 250 g/mol. The average Bonchev–Trinajstić information content (AvgIpc) is 2.27. The van der Waals surface area contributed by atoms with Gasteiger partial charge in [0, 0.05) is 0 Å². The molecule has 0 aliphatic heterocycles. The molecule has 0 heterocycles. The Labute approximate surface area is 100 Å². The van der Waals surface area contributed by atoms with Gasteiger partial charge in [-0.05, 0) is 0 Å². The molecule has 0 fully saturated rings. The summed E-state index contributed by atoms with van der Waals surface area (Å²) in [5, 5.41) is 2.69. The number of fused-ring (bicyclic) bond motifs is 1. The van der Waals surface area contributed by atoms with E-state index in [9.17, 15) is 0 Å². The van der Waals surface area contributed by atoms with Crippen molar-refractivity contribution in [3.63, 3.8) is 0 Å². The molecule has 0 aromatic heterocycles. The molecule has 0 nitrogen and oxygen atoms in total. The maximum Gasteiger partial charge on any atom is 3.00 e. The monoisotopic (exact) mass is 249 g/mol. The predicted molar refractivity (Wildman–Crippen MR) is 57.1 cm³/mol. The van der Waals surface area contributed by atoms with Gasteiger partial charge in [-0.15, -0.1) is 40.6 Å². The molecule has 0 aliphatic carbocycles. The predicted octanol–water partition coefficient (Wildman–Crippen LogP) is 3.77. The summed E-state index contributed by atoms with van der Waals surface area (Å²) in [5.41, 5.74) is 1.35. The van der Waals surface area contributed by atoms with E-state index in [1.54, 1.807) is 0 Å². The first-order chi connectivity index (χ1) is 4.86. The molecule has 0 bridgehead atoms. The van der Waals surface area contributed by atoms with Gasteiger partial charge >= 0.3 is 26.2 Å². The Hall–Kier alpha value is -0.287. The first-order valence-corrected chi connectivity index (χ1v) is 3.48. The van der Waals surface area contributed by atoms with Crippen LogP contribution in [0.1, 0.15) is 5.56 Å². The number of hydrogen-bond donors (Lipinski definition) is 0. The number of aryl methyl sites for hydroxylation is 1. The minimum Gasteiger partial charge on any atom is -0.358 e. The molecule has 1 heteroatoms. The molecule has 0 unspecified atom stereocenters. The molecule has 2 rings (SSSR count). The van der Waals surface area contributed by atoms with Crippen LogP contribution >= 0.6 is 0 Å². The van der Waals surface area contributed by atoms with Gasteiger partial charge in [-0.1, -0.05) is 13.0 Å². The van der Waals surface area contributed by atoms with Crippen molar-refractivity contribution in [3.8, 4) is 0 Å². The van der Waals surface area contributed by atoms with Crippen molar-refractivity contribution >= 4 is 10.8 Å². The van der Waals surface area contributed by atoms with Crippen LogP contribution in [-0.4, -0.2) is 0 Å². The van der Waals surface area contributed by atoms with Crippen LogP contribution in [0, 0.1) is 21.8 Å². The third-order valence-electron chi connectivity index (χ3n) is 1.76. The largest absolute Gasteiger partial charge is 3.00 e. The fourth-order valence-corrected chi connectivity index (χ4v) is 1.31. The molecule has 0 amide bonds. The molecule has 2 aromatic carbocycles. The van der Waals surface area contributed by atoms with E-state index in [1.165, 1.54) is 16.3 Å². The number of rotatable bonds is 0. The molecule has 0 aliphatic rings. The molecule has 2 aromatic rings. The second-order valence-corrected chi connectivity index (χ2v) is 2.66. The summed E-state index contributed by atoms with van der Waals surface area (Å²) in [7, 11) is 0. The van der Waals surface area contributed by atoms with Crippen LogP contribution < -0.4 is 0 Å². The van der Waals surface area contributed by atoms with E-state index < -0.39 is 0 Å². The quantitative estimate of drug-likeness (QED) is 0.625. The fraction of sp³-hybridized carbons (Fsp3) is 0.0833. The number of hydrogen-bond acceptors (Lipinski definition) is 0. The van der Waals surface area contributed by atoms with Gasteiger partial charge < -0.3 is 14.9 Å². The van der Waals surface area contributed by atoms with Crippen LogP contribution in [0.15, 0.2) is 36.4 Å². The van der Waals surface area contributed by atoms with Gasteiger partial charge in [0.25, 0.3) is 0 Å². The molecule has 13 heavy (non-hydrogen) atoms. The van der Waals surface area contributed by atoms with E-state index in [0.29, 0.717) is 0 Å². The fourth-order valence-electron chi connectivity index (χ4n) is 1.31. The smallest absolute Gasteiger partial charge is 0.358 e. The zero-order chi connectivity index (χ0) is 6.97. The van der Waals surface area contributed by atoms with Crippen LogP contribution in [0.5, 0.6) is 0 Å². The molecular formula is C12H15Zr. The van der Waals surface area contributed by atoms with Crippen LogP contribution in [0.4, 0.5) is 0 Å². The van der Waals surface area contributed by atoms with Crippen molar-refractivity contribution in [2.45, 2.75) is 6.92 Å². The molecular weight excluding hydrogens is 235 g/mol. The Bertz CT molecular complexity index is 314.